The number of nitrogens with one attached hydrogen (secondary N) is 3. The van der Waals surface area contributed by atoms with Gasteiger partial charge in [0.25, 0.3) is 11.6 Å². The largest absolute Gasteiger partial charge is 0.322 e. The van der Waals surface area contributed by atoms with Gasteiger partial charge in [-0.2, -0.15) is 5.10 Å². The summed E-state index contributed by atoms with van der Waals surface area (Å²) < 4.78 is 0. The smallest absolute Gasteiger partial charge is 0.295 e. The lowest BCUT2D eigenvalue weighted by molar-refractivity contribution is -1.02. The zero-order valence-corrected chi connectivity index (χ0v) is 16.7. The minimum Gasteiger partial charge on any atom is -0.322 e. The molecule has 1 fully saturated rings. The number of non-ortho nitro benzene ring substituents is 1. The molecule has 3 rings (SSSR count). The van der Waals surface area contributed by atoms with Crippen LogP contribution in [0.4, 0.5) is 5.69 Å². The summed E-state index contributed by atoms with van der Waals surface area (Å²) in [6.45, 7) is 5.24. The molecule has 2 aromatic carbocycles. The van der Waals surface area contributed by atoms with Crippen LogP contribution in [0.3, 0.4) is 0 Å². The van der Waals surface area contributed by atoms with E-state index in [4.69, 9.17) is 11.6 Å². The number of amides is 1. The van der Waals surface area contributed by atoms with Gasteiger partial charge in [0.2, 0.25) is 0 Å². The molecule has 0 saturated carbocycles. The van der Waals surface area contributed by atoms with Crippen molar-refractivity contribution in [3.05, 3.63) is 74.8 Å². The fourth-order valence-electron chi connectivity index (χ4n) is 3.38. The molecule has 152 valence electrons. The minimum absolute atomic E-state index is 0.0810. The van der Waals surface area contributed by atoms with E-state index in [-0.39, 0.29) is 11.6 Å². The van der Waals surface area contributed by atoms with Gasteiger partial charge in [-0.3, -0.25) is 14.9 Å². The van der Waals surface area contributed by atoms with Gasteiger partial charge < -0.3 is 9.80 Å². The van der Waals surface area contributed by atoms with E-state index in [1.54, 1.807) is 0 Å². The van der Waals surface area contributed by atoms with Crippen LogP contribution >= 0.6 is 11.6 Å². The van der Waals surface area contributed by atoms with E-state index in [0.29, 0.717) is 17.1 Å². The van der Waals surface area contributed by atoms with Crippen molar-refractivity contribution in [3.8, 4) is 0 Å². The number of nitro benzene ring substituents is 1. The standard InChI is InChI=1S/C20H22ClN5O3/c21-19-7-6-18(26(28)29)12-17(19)13-22-23-20(27)15-25-10-8-24(9-11-25)14-16-4-2-1-3-5-16/h1-7,12-13H,8-11,14-15H2,(H,23,27)/p+2/b22-13-. The third kappa shape index (κ3) is 6.35. The second-order valence-electron chi connectivity index (χ2n) is 7.10. The molecule has 0 radical (unpaired) electrons. The lowest BCUT2D eigenvalue weighted by Crippen LogP contribution is -3.28. The highest BCUT2D eigenvalue weighted by atomic mass is 35.5. The van der Waals surface area contributed by atoms with Gasteiger partial charge in [0, 0.05) is 28.3 Å². The quantitative estimate of drug-likeness (QED) is 0.327. The lowest BCUT2D eigenvalue weighted by Gasteiger charge is -2.29. The summed E-state index contributed by atoms with van der Waals surface area (Å²) in [7, 11) is 0. The van der Waals surface area contributed by atoms with E-state index in [0.717, 1.165) is 32.7 Å². The number of carbonyl (C=O) groups excluding carboxylic acids is 1. The molecule has 29 heavy (non-hydrogen) atoms. The Hall–Kier alpha value is -2.81. The molecule has 1 saturated heterocycles. The molecule has 8 nitrogen and oxygen atoms in total. The number of hydrogen-bond donors (Lipinski definition) is 3. The van der Waals surface area contributed by atoms with Crippen molar-refractivity contribution in [2.24, 2.45) is 5.10 Å². The van der Waals surface area contributed by atoms with Gasteiger partial charge in [0.05, 0.1) is 11.1 Å². The SMILES string of the molecule is O=C(C[NH+]1CC[NH+](Cc2ccccc2)CC1)N/N=C\c1cc([N+](=O)[O-])ccc1Cl. The molecule has 0 aliphatic carbocycles. The van der Waals surface area contributed by atoms with Crippen LogP contribution in [0.15, 0.2) is 53.6 Å². The number of piperazine rings is 1. The van der Waals surface area contributed by atoms with Gasteiger partial charge >= 0.3 is 0 Å². The zero-order chi connectivity index (χ0) is 20.6. The Morgan fingerprint density at radius 3 is 2.52 bits per heavy atom. The molecule has 0 spiro atoms. The highest BCUT2D eigenvalue weighted by molar-refractivity contribution is 6.33. The van der Waals surface area contributed by atoms with E-state index >= 15 is 0 Å². The number of rotatable bonds is 7. The molecular formula is C20H24ClN5O3+2. The third-order valence-corrected chi connectivity index (χ3v) is 5.30. The van der Waals surface area contributed by atoms with Crippen molar-refractivity contribution in [1.82, 2.24) is 5.43 Å². The normalized spacial score (nSPS) is 19.2. The first kappa shape index (κ1) is 20.9. The number of hydrogen-bond acceptors (Lipinski definition) is 4. The number of nitro groups is 1. The molecule has 0 unspecified atom stereocenters. The molecule has 1 aliphatic rings. The van der Waals surface area contributed by atoms with E-state index < -0.39 is 4.92 Å². The minimum atomic E-state index is -0.505. The van der Waals surface area contributed by atoms with Crippen molar-refractivity contribution in [1.29, 1.82) is 0 Å². The molecule has 9 heteroatoms. The monoisotopic (exact) mass is 417 g/mol. The second-order valence-corrected chi connectivity index (χ2v) is 7.50. The maximum Gasteiger partial charge on any atom is 0.295 e. The van der Waals surface area contributed by atoms with Gasteiger partial charge in [-0.1, -0.05) is 41.9 Å². The van der Waals surface area contributed by atoms with Crippen LogP contribution in [0.25, 0.3) is 0 Å². The van der Waals surface area contributed by atoms with Gasteiger partial charge in [-0.15, -0.1) is 0 Å². The van der Waals surface area contributed by atoms with Crippen molar-refractivity contribution in [2.75, 3.05) is 32.7 Å². The summed E-state index contributed by atoms with van der Waals surface area (Å²) in [6, 6.07) is 14.5. The van der Waals surface area contributed by atoms with Crippen molar-refractivity contribution >= 4 is 29.4 Å². The van der Waals surface area contributed by atoms with Crippen molar-refractivity contribution in [2.45, 2.75) is 6.54 Å². The summed E-state index contributed by atoms with van der Waals surface area (Å²) in [5.74, 6) is -0.190. The average molecular weight is 418 g/mol. The van der Waals surface area contributed by atoms with Crippen LogP contribution in [0.2, 0.25) is 5.02 Å². The molecule has 0 aromatic heterocycles. The Morgan fingerprint density at radius 2 is 1.83 bits per heavy atom. The lowest BCUT2D eigenvalue weighted by atomic mass is 10.2. The fourth-order valence-corrected chi connectivity index (χ4v) is 3.55. The van der Waals surface area contributed by atoms with Crippen LogP contribution < -0.4 is 15.2 Å². The first-order chi connectivity index (χ1) is 14.0. The van der Waals surface area contributed by atoms with Crippen molar-refractivity contribution < 1.29 is 19.5 Å². The number of carbonyl (C=O) groups is 1. The van der Waals surface area contributed by atoms with Gasteiger partial charge in [0.15, 0.2) is 6.54 Å². The predicted octanol–water partition coefficient (Wildman–Crippen LogP) is -0.318. The van der Waals surface area contributed by atoms with Gasteiger partial charge in [-0.05, 0) is 6.07 Å². The highest BCUT2D eigenvalue weighted by Gasteiger charge is 2.24. The Kier molecular flexibility index (Phi) is 7.29. The number of hydrazone groups is 1. The van der Waals surface area contributed by atoms with Crippen LogP contribution in [0.1, 0.15) is 11.1 Å². The first-order valence-corrected chi connectivity index (χ1v) is 9.86. The average Bonchev–Trinajstić information content (AvgIpc) is 2.71. The fraction of sp³-hybridized carbons (Fsp3) is 0.300. The summed E-state index contributed by atoms with van der Waals surface area (Å²) in [6.07, 6.45) is 1.32. The first-order valence-electron chi connectivity index (χ1n) is 9.48. The molecular weight excluding hydrogens is 394 g/mol. The number of benzene rings is 2. The number of nitrogens with zero attached hydrogens (tertiary/aromatic N) is 2. The zero-order valence-electron chi connectivity index (χ0n) is 15.9. The maximum absolute atomic E-state index is 12.1. The van der Waals surface area contributed by atoms with E-state index in [2.05, 4.69) is 34.8 Å². The maximum atomic E-state index is 12.1. The molecule has 0 bridgehead atoms. The highest BCUT2D eigenvalue weighted by Crippen LogP contribution is 2.20. The van der Waals surface area contributed by atoms with Crippen LogP contribution in [-0.4, -0.2) is 49.8 Å². The molecule has 1 amide bonds. The Morgan fingerprint density at radius 1 is 1.14 bits per heavy atom. The Bertz CT molecular complexity index is 883. The summed E-state index contributed by atoms with van der Waals surface area (Å²) >= 11 is 6.01. The van der Waals surface area contributed by atoms with E-state index in [1.807, 2.05) is 6.07 Å². The van der Waals surface area contributed by atoms with Crippen LogP contribution in [0, 0.1) is 10.1 Å². The van der Waals surface area contributed by atoms with Gasteiger partial charge in [0.1, 0.15) is 32.7 Å². The molecule has 0 atom stereocenters. The summed E-state index contributed by atoms with van der Waals surface area (Å²) in [5, 5.41) is 15.1. The van der Waals surface area contributed by atoms with E-state index in [1.165, 1.54) is 39.8 Å². The van der Waals surface area contributed by atoms with Crippen LogP contribution in [0.5, 0.6) is 0 Å². The van der Waals surface area contributed by atoms with Crippen LogP contribution in [-0.2, 0) is 11.3 Å². The number of quaternary nitrogens is 2. The van der Waals surface area contributed by atoms with Gasteiger partial charge in [-0.25, -0.2) is 5.43 Å². The Labute approximate surface area is 173 Å². The molecule has 3 N–H and O–H groups in total. The Balaban J connectivity index is 1.43. The van der Waals surface area contributed by atoms with Crippen molar-refractivity contribution in [3.63, 3.8) is 0 Å². The molecule has 1 aliphatic heterocycles. The predicted molar refractivity (Wildman–Crippen MR) is 110 cm³/mol. The summed E-state index contributed by atoms with van der Waals surface area (Å²) in [4.78, 5) is 25.2. The number of halogens is 1. The second kappa shape index (κ2) is 10.1. The van der Waals surface area contributed by atoms with E-state index in [9.17, 15) is 14.9 Å². The topological polar surface area (TPSA) is 93.5 Å². The summed E-state index contributed by atoms with van der Waals surface area (Å²) in [5.41, 5.74) is 4.11. The molecule has 2 aromatic rings. The third-order valence-electron chi connectivity index (χ3n) is 4.96. The molecule has 1 heterocycles.